The smallest absolute Gasteiger partial charge is 0.370 e. The Hall–Kier alpha value is -2.32. The monoisotopic (exact) mass is 398 g/mol. The molecule has 0 amide bonds. The van der Waals surface area contributed by atoms with Crippen molar-refractivity contribution in [3.8, 4) is 0 Å². The summed E-state index contributed by atoms with van der Waals surface area (Å²) in [5.74, 6) is 0.603. The number of nitrogens with zero attached hydrogens (tertiary/aromatic N) is 3. The number of guanidine groups is 2. The lowest BCUT2D eigenvalue weighted by atomic mass is 9.82. The number of nitrogens with two attached hydrogens (primary N) is 1. The Labute approximate surface area is 163 Å². The van der Waals surface area contributed by atoms with Gasteiger partial charge in [0.1, 0.15) is 5.69 Å². The van der Waals surface area contributed by atoms with E-state index in [-0.39, 0.29) is 35.4 Å². The van der Waals surface area contributed by atoms with Gasteiger partial charge in [-0.2, -0.15) is 13.2 Å². The highest BCUT2D eigenvalue weighted by Crippen LogP contribution is 2.37. The Morgan fingerprint density at radius 3 is 2.25 bits per heavy atom. The van der Waals surface area contributed by atoms with Crippen LogP contribution in [0.3, 0.4) is 0 Å². The molecule has 0 aromatic carbocycles. The van der Waals surface area contributed by atoms with Gasteiger partial charge in [-0.3, -0.25) is 5.32 Å². The molecule has 1 aliphatic rings. The number of aliphatic imine (C=N–C) groups is 2. The summed E-state index contributed by atoms with van der Waals surface area (Å²) in [5, 5.41) is 6.08. The third-order valence-electron chi connectivity index (χ3n) is 5.24. The third-order valence-corrected chi connectivity index (χ3v) is 5.24. The first-order chi connectivity index (χ1) is 12.9. The molecule has 4 N–H and O–H groups in total. The maximum absolute atomic E-state index is 13.3. The first-order valence-electron chi connectivity index (χ1n) is 9.40. The molecule has 0 saturated carbocycles. The molecule has 3 atom stereocenters. The molecule has 156 valence electrons. The topological polar surface area (TPSA) is 87.7 Å². The maximum Gasteiger partial charge on any atom is 0.433 e. The minimum atomic E-state index is -4.55. The average Bonchev–Trinajstić information content (AvgIpc) is 2.59. The lowest BCUT2D eigenvalue weighted by molar-refractivity contribution is -0.141. The fourth-order valence-electron chi connectivity index (χ4n) is 2.85. The second-order valence-electron chi connectivity index (χ2n) is 7.91. The van der Waals surface area contributed by atoms with Crippen LogP contribution in [0, 0.1) is 17.8 Å². The number of aromatic nitrogens is 1. The van der Waals surface area contributed by atoms with Gasteiger partial charge >= 0.3 is 6.18 Å². The molecule has 1 unspecified atom stereocenters. The van der Waals surface area contributed by atoms with Gasteiger partial charge in [0, 0.05) is 5.92 Å². The Morgan fingerprint density at radius 1 is 1.07 bits per heavy atom. The first-order valence-corrected chi connectivity index (χ1v) is 9.40. The second-order valence-corrected chi connectivity index (χ2v) is 7.91. The Kier molecular flexibility index (Phi) is 6.25. The highest BCUT2D eigenvalue weighted by atomic mass is 19.4. The first kappa shape index (κ1) is 22.0. The second kappa shape index (κ2) is 7.97. The average molecular weight is 398 g/mol. The van der Waals surface area contributed by atoms with Gasteiger partial charge in [-0.1, -0.05) is 40.7 Å². The van der Waals surface area contributed by atoms with E-state index in [1.807, 2.05) is 41.5 Å². The van der Waals surface area contributed by atoms with Gasteiger partial charge in [0.05, 0.1) is 11.7 Å². The quantitative estimate of drug-likeness (QED) is 0.709. The zero-order valence-electron chi connectivity index (χ0n) is 17.1. The van der Waals surface area contributed by atoms with Gasteiger partial charge in [0.2, 0.25) is 5.96 Å². The molecule has 9 heteroatoms. The zero-order valence-corrected chi connectivity index (χ0v) is 17.1. The zero-order chi connectivity index (χ0) is 21.3. The van der Waals surface area contributed by atoms with E-state index in [4.69, 9.17) is 5.73 Å². The van der Waals surface area contributed by atoms with Crippen molar-refractivity contribution in [2.45, 2.75) is 59.4 Å². The van der Waals surface area contributed by atoms with Crippen LogP contribution in [-0.2, 0) is 11.8 Å². The van der Waals surface area contributed by atoms with Gasteiger partial charge < -0.3 is 11.1 Å². The molecule has 1 aromatic rings. The summed E-state index contributed by atoms with van der Waals surface area (Å²) in [6, 6.07) is 3.79. The van der Waals surface area contributed by atoms with Crippen molar-refractivity contribution in [2.75, 3.05) is 0 Å². The number of pyridine rings is 1. The van der Waals surface area contributed by atoms with E-state index >= 15 is 0 Å². The van der Waals surface area contributed by atoms with Crippen molar-refractivity contribution in [3.63, 3.8) is 0 Å². The molecular formula is C19H29F3N6. The van der Waals surface area contributed by atoms with Crippen LogP contribution in [0.4, 0.5) is 13.2 Å². The van der Waals surface area contributed by atoms with Gasteiger partial charge in [-0.05, 0) is 30.9 Å². The molecule has 28 heavy (non-hydrogen) atoms. The van der Waals surface area contributed by atoms with Crippen LogP contribution in [0.5, 0.6) is 0 Å². The van der Waals surface area contributed by atoms with Gasteiger partial charge in [-0.25, -0.2) is 15.0 Å². The molecule has 0 fully saturated rings. The van der Waals surface area contributed by atoms with Crippen molar-refractivity contribution >= 4 is 11.9 Å². The van der Waals surface area contributed by atoms with Crippen LogP contribution in [0.1, 0.15) is 52.9 Å². The molecule has 0 saturated heterocycles. The summed E-state index contributed by atoms with van der Waals surface area (Å²) in [7, 11) is 0. The number of nitrogens with one attached hydrogen (secondary N) is 2. The van der Waals surface area contributed by atoms with Crippen molar-refractivity contribution < 1.29 is 13.2 Å². The molecule has 0 aliphatic carbocycles. The van der Waals surface area contributed by atoms with E-state index in [2.05, 4.69) is 25.6 Å². The van der Waals surface area contributed by atoms with Crippen LogP contribution in [-0.4, -0.2) is 22.9 Å². The van der Waals surface area contributed by atoms with E-state index in [1.54, 1.807) is 0 Å². The lowest BCUT2D eigenvalue weighted by Gasteiger charge is -2.42. The van der Waals surface area contributed by atoms with Gasteiger partial charge in [-0.15, -0.1) is 0 Å². The molecule has 2 heterocycles. The van der Waals surface area contributed by atoms with E-state index < -0.39 is 17.5 Å². The SMILES string of the molecule is CC(C)[C@H](C)N=C1NC(N)=NC(c2cccc(C(F)(F)F)n2)([C@@H](C)C(C)C)N1. The number of hydrogen-bond donors (Lipinski definition) is 3. The Bertz CT molecular complexity index is 756. The van der Waals surface area contributed by atoms with Crippen LogP contribution in [0.15, 0.2) is 28.2 Å². The summed E-state index contributed by atoms with van der Waals surface area (Å²) >= 11 is 0. The molecule has 6 nitrogen and oxygen atoms in total. The third kappa shape index (κ3) is 4.56. The van der Waals surface area contributed by atoms with Crippen LogP contribution in [0.25, 0.3) is 0 Å². The molecule has 0 radical (unpaired) electrons. The molecular weight excluding hydrogens is 369 g/mol. The Morgan fingerprint density at radius 2 is 1.71 bits per heavy atom. The number of rotatable bonds is 5. The highest BCUT2D eigenvalue weighted by Gasteiger charge is 2.45. The summed E-state index contributed by atoms with van der Waals surface area (Å²) in [4.78, 5) is 13.0. The molecule has 2 rings (SSSR count). The predicted octanol–water partition coefficient (Wildman–Crippen LogP) is 3.45. The van der Waals surface area contributed by atoms with Crippen molar-refractivity contribution in [2.24, 2.45) is 33.5 Å². The van der Waals surface area contributed by atoms with Crippen molar-refractivity contribution in [1.82, 2.24) is 15.6 Å². The van der Waals surface area contributed by atoms with Crippen LogP contribution in [0.2, 0.25) is 0 Å². The fourth-order valence-corrected chi connectivity index (χ4v) is 2.85. The molecule has 1 aromatic heterocycles. The van der Waals surface area contributed by atoms with Crippen molar-refractivity contribution in [1.29, 1.82) is 0 Å². The van der Waals surface area contributed by atoms with Gasteiger partial charge in [0.25, 0.3) is 0 Å². The number of alkyl halides is 3. The van der Waals surface area contributed by atoms with E-state index in [1.165, 1.54) is 12.1 Å². The summed E-state index contributed by atoms with van der Waals surface area (Å²) in [5.41, 5.74) is 3.94. The normalized spacial score (nSPS) is 24.0. The molecule has 1 aliphatic heterocycles. The lowest BCUT2D eigenvalue weighted by Crippen LogP contribution is -2.62. The number of hydrogen-bond acceptors (Lipinski definition) is 4. The molecule has 0 bridgehead atoms. The minimum absolute atomic E-state index is 0.0255. The largest absolute Gasteiger partial charge is 0.433 e. The van der Waals surface area contributed by atoms with Gasteiger partial charge in [0.15, 0.2) is 11.6 Å². The van der Waals surface area contributed by atoms with E-state index in [0.717, 1.165) is 6.07 Å². The van der Waals surface area contributed by atoms with Crippen LogP contribution < -0.4 is 16.4 Å². The molecule has 0 spiro atoms. The minimum Gasteiger partial charge on any atom is -0.370 e. The summed E-state index contributed by atoms with van der Waals surface area (Å²) < 4.78 is 39.8. The summed E-state index contributed by atoms with van der Waals surface area (Å²) in [6.07, 6.45) is -4.55. The standard InChI is InChI=1S/C19H29F3N6/c1-10(2)12(5)18(14-8-7-9-15(25-14)19(20,21)22)27-16(23)26-17(28-18)24-13(6)11(3)4/h7-13H,1-6H3,(H4,23,24,26,27,28)/t12-,13-,18?/m0/s1. The predicted molar refractivity (Wildman–Crippen MR) is 105 cm³/mol. The van der Waals surface area contributed by atoms with Crippen molar-refractivity contribution in [3.05, 3.63) is 29.6 Å². The number of halogens is 3. The van der Waals surface area contributed by atoms with Crippen LogP contribution >= 0.6 is 0 Å². The fraction of sp³-hybridized carbons (Fsp3) is 0.632. The van der Waals surface area contributed by atoms with E-state index in [9.17, 15) is 13.2 Å². The Balaban J connectivity index is 2.63. The highest BCUT2D eigenvalue weighted by molar-refractivity contribution is 6.00. The summed E-state index contributed by atoms with van der Waals surface area (Å²) in [6.45, 7) is 11.9. The maximum atomic E-state index is 13.3. The van der Waals surface area contributed by atoms with E-state index in [0.29, 0.717) is 5.96 Å².